The average molecular weight is 379 g/mol. The van der Waals surface area contributed by atoms with Crippen molar-refractivity contribution in [2.45, 2.75) is 32.9 Å². The molecule has 144 valence electrons. The van der Waals surface area contributed by atoms with Gasteiger partial charge in [0.1, 0.15) is 24.1 Å². The van der Waals surface area contributed by atoms with Crippen LogP contribution in [-0.4, -0.2) is 28.2 Å². The van der Waals surface area contributed by atoms with Crippen molar-refractivity contribution in [2.24, 2.45) is 0 Å². The number of nitrogens with zero attached hydrogens (tertiary/aromatic N) is 2. The monoisotopic (exact) mass is 379 g/mol. The SMILES string of the molecule is CCOc1cc2c(cc1NC(=O)Cn1cnc3ccccc3c1=O)OC(C)C2. The first-order chi connectivity index (χ1) is 13.5. The standard InChI is InChI=1S/C21H21N3O4/c1-3-27-19-9-14-8-13(2)28-18(14)10-17(19)23-20(25)11-24-12-22-16-7-5-4-6-15(16)21(24)26/h4-7,9-10,12-13H,3,8,11H2,1-2H3,(H,23,25). The number of anilines is 1. The molecule has 2 aromatic carbocycles. The fourth-order valence-electron chi connectivity index (χ4n) is 3.38. The minimum atomic E-state index is -0.342. The van der Waals surface area contributed by atoms with Crippen LogP contribution in [0.5, 0.6) is 11.5 Å². The Bertz CT molecular complexity index is 1110. The van der Waals surface area contributed by atoms with Gasteiger partial charge < -0.3 is 14.8 Å². The first-order valence-electron chi connectivity index (χ1n) is 9.25. The highest BCUT2D eigenvalue weighted by Gasteiger charge is 2.22. The summed E-state index contributed by atoms with van der Waals surface area (Å²) in [6, 6.07) is 10.7. The van der Waals surface area contributed by atoms with Crippen LogP contribution in [0, 0.1) is 0 Å². The summed E-state index contributed by atoms with van der Waals surface area (Å²) in [7, 11) is 0. The lowest BCUT2D eigenvalue weighted by molar-refractivity contribution is -0.116. The van der Waals surface area contributed by atoms with Crippen molar-refractivity contribution in [2.75, 3.05) is 11.9 Å². The molecule has 0 aliphatic carbocycles. The largest absolute Gasteiger partial charge is 0.492 e. The van der Waals surface area contributed by atoms with E-state index >= 15 is 0 Å². The van der Waals surface area contributed by atoms with Crippen molar-refractivity contribution < 1.29 is 14.3 Å². The van der Waals surface area contributed by atoms with Gasteiger partial charge in [0, 0.05) is 18.1 Å². The lowest BCUT2D eigenvalue weighted by Gasteiger charge is -2.14. The molecule has 1 aliphatic heterocycles. The fourth-order valence-corrected chi connectivity index (χ4v) is 3.38. The molecule has 0 saturated heterocycles. The smallest absolute Gasteiger partial charge is 0.261 e. The number of benzene rings is 2. The number of rotatable bonds is 5. The number of carbonyl (C=O) groups is 1. The van der Waals surface area contributed by atoms with Crippen molar-refractivity contribution in [1.29, 1.82) is 0 Å². The van der Waals surface area contributed by atoms with E-state index in [0.29, 0.717) is 28.9 Å². The third-order valence-electron chi connectivity index (χ3n) is 4.62. The van der Waals surface area contributed by atoms with E-state index in [1.54, 1.807) is 24.3 Å². The van der Waals surface area contributed by atoms with Crippen LogP contribution in [0.2, 0.25) is 0 Å². The highest BCUT2D eigenvalue weighted by molar-refractivity contribution is 5.92. The Labute approximate surface area is 161 Å². The predicted molar refractivity (Wildman–Crippen MR) is 106 cm³/mol. The summed E-state index contributed by atoms with van der Waals surface area (Å²) in [5, 5.41) is 3.31. The molecule has 3 aromatic rings. The molecular formula is C21H21N3O4. The predicted octanol–water partition coefficient (Wildman–Crippen LogP) is 2.76. The molecule has 1 aromatic heterocycles. The first-order valence-corrected chi connectivity index (χ1v) is 9.25. The fraction of sp³-hybridized carbons (Fsp3) is 0.286. The minimum absolute atomic E-state index is 0.0951. The summed E-state index contributed by atoms with van der Waals surface area (Å²) in [5.74, 6) is 0.998. The number of fused-ring (bicyclic) bond motifs is 2. The first kappa shape index (κ1) is 18.0. The van der Waals surface area contributed by atoms with E-state index in [2.05, 4.69) is 10.3 Å². The molecule has 1 amide bonds. The number of hydrogen-bond donors (Lipinski definition) is 1. The van der Waals surface area contributed by atoms with Gasteiger partial charge in [0.2, 0.25) is 5.91 Å². The van der Waals surface area contributed by atoms with E-state index in [1.165, 1.54) is 10.9 Å². The van der Waals surface area contributed by atoms with Crippen LogP contribution in [-0.2, 0) is 17.8 Å². The van der Waals surface area contributed by atoms with E-state index in [-0.39, 0.29) is 24.1 Å². The lowest BCUT2D eigenvalue weighted by atomic mass is 10.1. The van der Waals surface area contributed by atoms with Gasteiger partial charge in [-0.3, -0.25) is 14.2 Å². The van der Waals surface area contributed by atoms with Gasteiger partial charge in [-0.15, -0.1) is 0 Å². The van der Waals surface area contributed by atoms with Gasteiger partial charge in [0.15, 0.2) is 0 Å². The van der Waals surface area contributed by atoms with Crippen LogP contribution in [0.3, 0.4) is 0 Å². The Kier molecular flexibility index (Phi) is 4.73. The van der Waals surface area contributed by atoms with Gasteiger partial charge in [-0.25, -0.2) is 4.98 Å². The van der Waals surface area contributed by atoms with Crippen LogP contribution in [0.4, 0.5) is 5.69 Å². The number of aromatic nitrogens is 2. The molecule has 0 saturated carbocycles. The summed E-state index contributed by atoms with van der Waals surface area (Å²) < 4.78 is 12.8. The number of nitrogens with one attached hydrogen (secondary N) is 1. The topological polar surface area (TPSA) is 82.5 Å². The zero-order chi connectivity index (χ0) is 19.7. The highest BCUT2D eigenvalue weighted by Crippen LogP contribution is 2.38. The third kappa shape index (κ3) is 3.43. The number of hydrogen-bond acceptors (Lipinski definition) is 5. The summed E-state index contributed by atoms with van der Waals surface area (Å²) in [5.41, 5.74) is 1.94. The molecule has 0 radical (unpaired) electrons. The maximum absolute atomic E-state index is 12.6. The van der Waals surface area contributed by atoms with Crippen LogP contribution < -0.4 is 20.3 Å². The molecule has 1 unspecified atom stereocenters. The molecule has 7 heteroatoms. The molecule has 4 rings (SSSR count). The van der Waals surface area contributed by atoms with Gasteiger partial charge in [-0.1, -0.05) is 12.1 Å². The van der Waals surface area contributed by atoms with Crippen molar-refractivity contribution in [1.82, 2.24) is 9.55 Å². The second-order valence-electron chi connectivity index (χ2n) is 6.76. The Morgan fingerprint density at radius 3 is 3.00 bits per heavy atom. The minimum Gasteiger partial charge on any atom is -0.492 e. The van der Waals surface area contributed by atoms with Gasteiger partial charge in [-0.05, 0) is 32.0 Å². The van der Waals surface area contributed by atoms with E-state index in [4.69, 9.17) is 9.47 Å². The molecule has 0 fully saturated rings. The second kappa shape index (κ2) is 7.34. The Morgan fingerprint density at radius 1 is 1.36 bits per heavy atom. The highest BCUT2D eigenvalue weighted by atomic mass is 16.5. The van der Waals surface area contributed by atoms with Crippen molar-refractivity contribution in [3.8, 4) is 11.5 Å². The van der Waals surface area contributed by atoms with Gasteiger partial charge in [0.05, 0.1) is 29.5 Å². The second-order valence-corrected chi connectivity index (χ2v) is 6.76. The quantitative estimate of drug-likeness (QED) is 0.737. The van der Waals surface area contributed by atoms with Crippen molar-refractivity contribution in [3.05, 3.63) is 58.6 Å². The normalized spacial score (nSPS) is 15.1. The molecule has 1 aliphatic rings. The maximum Gasteiger partial charge on any atom is 0.261 e. The summed E-state index contributed by atoms with van der Waals surface area (Å²) >= 11 is 0. The number of carbonyl (C=O) groups excluding carboxylic acids is 1. The average Bonchev–Trinajstić information content (AvgIpc) is 3.03. The number of amides is 1. The number of ether oxygens (including phenoxy) is 2. The lowest BCUT2D eigenvalue weighted by Crippen LogP contribution is -2.28. The molecule has 1 atom stereocenters. The van der Waals surface area contributed by atoms with E-state index in [9.17, 15) is 9.59 Å². The zero-order valence-electron chi connectivity index (χ0n) is 15.8. The Morgan fingerprint density at radius 2 is 2.18 bits per heavy atom. The van der Waals surface area contributed by atoms with Crippen LogP contribution in [0.15, 0.2) is 47.5 Å². The van der Waals surface area contributed by atoms with E-state index in [0.717, 1.165) is 17.7 Å². The van der Waals surface area contributed by atoms with Crippen molar-refractivity contribution in [3.63, 3.8) is 0 Å². The molecule has 0 spiro atoms. The third-order valence-corrected chi connectivity index (χ3v) is 4.62. The number of para-hydroxylation sites is 1. The van der Waals surface area contributed by atoms with Crippen molar-refractivity contribution >= 4 is 22.5 Å². The van der Waals surface area contributed by atoms with Gasteiger partial charge in [0.25, 0.3) is 5.56 Å². The van der Waals surface area contributed by atoms with E-state index < -0.39 is 0 Å². The molecule has 7 nitrogen and oxygen atoms in total. The van der Waals surface area contributed by atoms with Gasteiger partial charge >= 0.3 is 0 Å². The summed E-state index contributed by atoms with van der Waals surface area (Å²) in [6.45, 7) is 4.22. The molecule has 0 bridgehead atoms. The van der Waals surface area contributed by atoms with Crippen LogP contribution >= 0.6 is 0 Å². The van der Waals surface area contributed by atoms with Crippen LogP contribution in [0.1, 0.15) is 19.4 Å². The molecular weight excluding hydrogens is 358 g/mol. The van der Waals surface area contributed by atoms with E-state index in [1.807, 2.05) is 26.0 Å². The molecule has 1 N–H and O–H groups in total. The molecule has 28 heavy (non-hydrogen) atoms. The maximum atomic E-state index is 12.6. The zero-order valence-corrected chi connectivity index (χ0v) is 15.8. The Hall–Kier alpha value is -3.35. The Balaban J connectivity index is 1.58. The van der Waals surface area contributed by atoms with Gasteiger partial charge in [-0.2, -0.15) is 0 Å². The van der Waals surface area contributed by atoms with Crippen LogP contribution in [0.25, 0.3) is 10.9 Å². The summed E-state index contributed by atoms with van der Waals surface area (Å²) in [6.07, 6.45) is 2.29. The molecule has 2 heterocycles. The summed E-state index contributed by atoms with van der Waals surface area (Å²) in [4.78, 5) is 29.4.